The van der Waals surface area contributed by atoms with E-state index in [0.29, 0.717) is 0 Å². The maximum absolute atomic E-state index is 2.50. The highest BCUT2D eigenvalue weighted by atomic mass is 15.2. The SMILES string of the molecule is c1cc2c3c(c1)N(CC2)CC3. The van der Waals surface area contributed by atoms with Gasteiger partial charge in [-0.2, -0.15) is 0 Å². The Hall–Kier alpha value is -0.980. The summed E-state index contributed by atoms with van der Waals surface area (Å²) in [5, 5.41) is 0. The van der Waals surface area contributed by atoms with Crippen molar-refractivity contribution in [2.24, 2.45) is 0 Å². The summed E-state index contributed by atoms with van der Waals surface area (Å²) in [7, 11) is 0. The number of hydrogen-bond acceptors (Lipinski definition) is 1. The van der Waals surface area contributed by atoms with Crippen molar-refractivity contribution >= 4 is 5.69 Å². The Kier molecular flexibility index (Phi) is 0.916. The lowest BCUT2D eigenvalue weighted by atomic mass is 10.0. The lowest BCUT2D eigenvalue weighted by Gasteiger charge is -2.24. The fourth-order valence-corrected chi connectivity index (χ4v) is 2.30. The summed E-state index contributed by atoms with van der Waals surface area (Å²) < 4.78 is 0. The van der Waals surface area contributed by atoms with Crippen LogP contribution in [0.5, 0.6) is 0 Å². The molecule has 0 spiro atoms. The van der Waals surface area contributed by atoms with Crippen LogP contribution in [0.3, 0.4) is 0 Å². The van der Waals surface area contributed by atoms with Gasteiger partial charge in [-0.1, -0.05) is 12.1 Å². The van der Waals surface area contributed by atoms with E-state index in [1.54, 1.807) is 11.1 Å². The van der Waals surface area contributed by atoms with Gasteiger partial charge in [0.25, 0.3) is 0 Å². The van der Waals surface area contributed by atoms with Crippen LogP contribution < -0.4 is 4.90 Å². The van der Waals surface area contributed by atoms with Gasteiger partial charge in [0.05, 0.1) is 0 Å². The molecular weight excluding hydrogens is 134 g/mol. The fourth-order valence-electron chi connectivity index (χ4n) is 2.30. The maximum Gasteiger partial charge on any atom is 0.0402 e. The molecule has 56 valence electrons. The van der Waals surface area contributed by atoms with E-state index in [2.05, 4.69) is 23.1 Å². The number of hydrogen-bond donors (Lipinski definition) is 0. The zero-order chi connectivity index (χ0) is 7.26. The molecule has 1 aromatic carbocycles. The van der Waals surface area contributed by atoms with Gasteiger partial charge in [0, 0.05) is 18.8 Å². The van der Waals surface area contributed by atoms with Gasteiger partial charge < -0.3 is 4.90 Å². The summed E-state index contributed by atoms with van der Waals surface area (Å²) in [4.78, 5) is 2.50. The Morgan fingerprint density at radius 1 is 1.09 bits per heavy atom. The summed E-state index contributed by atoms with van der Waals surface area (Å²) >= 11 is 0. The lowest BCUT2D eigenvalue weighted by Crippen LogP contribution is -2.24. The summed E-state index contributed by atoms with van der Waals surface area (Å²) in [6.45, 7) is 2.50. The maximum atomic E-state index is 2.50. The molecule has 0 amide bonds. The van der Waals surface area contributed by atoms with Crippen molar-refractivity contribution in [1.82, 2.24) is 0 Å². The van der Waals surface area contributed by atoms with Gasteiger partial charge >= 0.3 is 0 Å². The first-order chi connectivity index (χ1) is 5.45. The molecule has 2 heterocycles. The van der Waals surface area contributed by atoms with Gasteiger partial charge in [-0.25, -0.2) is 0 Å². The highest BCUT2D eigenvalue weighted by Crippen LogP contribution is 2.34. The van der Waals surface area contributed by atoms with Crippen LogP contribution in [0.1, 0.15) is 11.1 Å². The quantitative estimate of drug-likeness (QED) is 0.536. The zero-order valence-corrected chi connectivity index (χ0v) is 6.51. The van der Waals surface area contributed by atoms with E-state index in [1.807, 2.05) is 0 Å². The van der Waals surface area contributed by atoms with Gasteiger partial charge in [-0.3, -0.25) is 0 Å². The van der Waals surface area contributed by atoms with E-state index >= 15 is 0 Å². The Bertz CT molecular complexity index is 304. The molecule has 0 fully saturated rings. The van der Waals surface area contributed by atoms with Crippen molar-refractivity contribution in [1.29, 1.82) is 0 Å². The van der Waals surface area contributed by atoms with E-state index in [0.717, 1.165) is 0 Å². The number of anilines is 1. The monoisotopic (exact) mass is 145 g/mol. The minimum absolute atomic E-state index is 1.25. The van der Waals surface area contributed by atoms with Crippen LogP contribution in [0, 0.1) is 0 Å². The predicted molar refractivity (Wildman–Crippen MR) is 46.1 cm³/mol. The van der Waals surface area contributed by atoms with Gasteiger partial charge in [0.2, 0.25) is 0 Å². The summed E-state index contributed by atoms with van der Waals surface area (Å²) in [6.07, 6.45) is 2.55. The first-order valence-electron chi connectivity index (χ1n) is 4.31. The molecule has 0 aliphatic carbocycles. The smallest absolute Gasteiger partial charge is 0.0402 e. The van der Waals surface area contributed by atoms with Gasteiger partial charge in [0.15, 0.2) is 0 Å². The molecule has 0 atom stereocenters. The normalized spacial score (nSPS) is 19.1. The molecule has 2 aliphatic rings. The Labute approximate surface area is 66.6 Å². The molecule has 0 radical (unpaired) electrons. The molecule has 1 aromatic rings. The van der Waals surface area contributed by atoms with Crippen LogP contribution in [0.4, 0.5) is 5.69 Å². The molecular formula is C10H11N. The summed E-state index contributed by atoms with van der Waals surface area (Å²) in [6, 6.07) is 6.72. The van der Waals surface area contributed by atoms with Crippen molar-refractivity contribution in [2.75, 3.05) is 18.0 Å². The standard InChI is InChI=1S/C10H11N/c1-2-8-4-6-11-7-5-9(8)10(11)3-1/h1-3H,4-7H2. The Balaban J connectivity index is 2.33. The van der Waals surface area contributed by atoms with E-state index in [4.69, 9.17) is 0 Å². The third kappa shape index (κ3) is 0.609. The molecule has 0 saturated heterocycles. The van der Waals surface area contributed by atoms with Crippen LogP contribution in [0.15, 0.2) is 18.2 Å². The molecule has 4 bridgehead atoms. The third-order valence-corrected chi connectivity index (χ3v) is 2.87. The molecule has 2 aliphatic heterocycles. The average Bonchev–Trinajstić information content (AvgIpc) is 2.28. The van der Waals surface area contributed by atoms with Crippen molar-refractivity contribution in [3.8, 4) is 0 Å². The summed E-state index contributed by atoms with van der Waals surface area (Å²) in [5.41, 5.74) is 4.73. The second-order valence-corrected chi connectivity index (χ2v) is 3.40. The largest absolute Gasteiger partial charge is 0.371 e. The van der Waals surface area contributed by atoms with E-state index in [-0.39, 0.29) is 0 Å². The van der Waals surface area contributed by atoms with Gasteiger partial charge in [-0.05, 0) is 30.0 Å². The minimum Gasteiger partial charge on any atom is -0.371 e. The average molecular weight is 145 g/mol. The number of benzene rings is 1. The molecule has 3 rings (SSSR count). The topological polar surface area (TPSA) is 3.24 Å². The first kappa shape index (κ1) is 5.64. The molecule has 0 unspecified atom stereocenters. The second-order valence-electron chi connectivity index (χ2n) is 3.40. The Morgan fingerprint density at radius 2 is 2.00 bits per heavy atom. The van der Waals surface area contributed by atoms with Crippen molar-refractivity contribution in [3.05, 3.63) is 29.3 Å². The molecule has 11 heavy (non-hydrogen) atoms. The van der Waals surface area contributed by atoms with E-state index < -0.39 is 0 Å². The zero-order valence-electron chi connectivity index (χ0n) is 6.51. The highest BCUT2D eigenvalue weighted by molar-refractivity contribution is 5.63. The van der Waals surface area contributed by atoms with Crippen LogP contribution in [0.25, 0.3) is 0 Å². The van der Waals surface area contributed by atoms with Crippen molar-refractivity contribution in [2.45, 2.75) is 12.8 Å². The van der Waals surface area contributed by atoms with Crippen LogP contribution >= 0.6 is 0 Å². The van der Waals surface area contributed by atoms with Crippen molar-refractivity contribution < 1.29 is 0 Å². The van der Waals surface area contributed by atoms with Crippen LogP contribution in [0.2, 0.25) is 0 Å². The van der Waals surface area contributed by atoms with E-state index in [9.17, 15) is 0 Å². The van der Waals surface area contributed by atoms with Crippen molar-refractivity contribution in [3.63, 3.8) is 0 Å². The predicted octanol–water partition coefficient (Wildman–Crippen LogP) is 1.61. The number of rotatable bonds is 0. The Morgan fingerprint density at radius 3 is 2.91 bits per heavy atom. The molecule has 1 nitrogen and oxygen atoms in total. The molecule has 0 N–H and O–H groups in total. The lowest BCUT2D eigenvalue weighted by molar-refractivity contribution is 0.825. The molecule has 1 heteroatoms. The fraction of sp³-hybridized carbons (Fsp3) is 0.400. The van der Waals surface area contributed by atoms with Crippen LogP contribution in [-0.2, 0) is 12.8 Å². The molecule has 0 saturated carbocycles. The highest BCUT2D eigenvalue weighted by Gasteiger charge is 2.25. The van der Waals surface area contributed by atoms with Gasteiger partial charge in [0.1, 0.15) is 0 Å². The number of nitrogens with zero attached hydrogens (tertiary/aromatic N) is 1. The van der Waals surface area contributed by atoms with E-state index in [1.165, 1.54) is 31.6 Å². The third-order valence-electron chi connectivity index (χ3n) is 2.87. The minimum atomic E-state index is 1.25. The van der Waals surface area contributed by atoms with Crippen LogP contribution in [-0.4, -0.2) is 13.1 Å². The molecule has 0 aromatic heterocycles. The van der Waals surface area contributed by atoms with Gasteiger partial charge in [-0.15, -0.1) is 0 Å². The summed E-state index contributed by atoms with van der Waals surface area (Å²) in [5.74, 6) is 0. The first-order valence-corrected chi connectivity index (χ1v) is 4.31. The second kappa shape index (κ2) is 1.79.